The molecule has 0 unspecified atom stereocenters. The van der Waals surface area contributed by atoms with Crippen LogP contribution in [-0.4, -0.2) is 12.9 Å². The van der Waals surface area contributed by atoms with E-state index in [2.05, 4.69) is 13.8 Å². The lowest BCUT2D eigenvalue weighted by atomic mass is 9.70. The largest absolute Gasteiger partial charge is 0.497 e. The Labute approximate surface area is 126 Å². The van der Waals surface area contributed by atoms with E-state index in [1.165, 1.54) is 0 Å². The maximum atomic E-state index is 13.1. The van der Waals surface area contributed by atoms with Crippen LogP contribution in [0.2, 0.25) is 0 Å². The monoisotopic (exact) mass is 282 g/mol. The van der Waals surface area contributed by atoms with Crippen molar-refractivity contribution in [3.05, 3.63) is 65.7 Å². The van der Waals surface area contributed by atoms with Gasteiger partial charge in [0.2, 0.25) is 0 Å². The van der Waals surface area contributed by atoms with Crippen LogP contribution in [0.25, 0.3) is 0 Å². The van der Waals surface area contributed by atoms with Crippen molar-refractivity contribution in [1.29, 1.82) is 0 Å². The summed E-state index contributed by atoms with van der Waals surface area (Å²) < 4.78 is 5.24. The van der Waals surface area contributed by atoms with Crippen LogP contribution in [0.5, 0.6) is 5.75 Å². The average Bonchev–Trinajstić information content (AvgIpc) is 2.57. The molecule has 0 amide bonds. The number of carbonyl (C=O) groups excluding carboxylic acids is 1. The van der Waals surface area contributed by atoms with Crippen molar-refractivity contribution in [2.24, 2.45) is 0 Å². The van der Waals surface area contributed by atoms with E-state index in [1.54, 1.807) is 7.11 Å². The number of ketones is 1. The molecule has 0 atom stereocenters. The summed E-state index contributed by atoms with van der Waals surface area (Å²) in [4.78, 5) is 13.1. The van der Waals surface area contributed by atoms with Gasteiger partial charge in [-0.2, -0.15) is 0 Å². The Balaban J connectivity index is 2.49. The number of carbonyl (C=O) groups is 1. The Bertz CT molecular complexity index is 598. The zero-order chi connectivity index (χ0) is 15.3. The second-order valence-corrected chi connectivity index (χ2v) is 5.22. The van der Waals surface area contributed by atoms with E-state index in [0.717, 1.165) is 24.2 Å². The van der Waals surface area contributed by atoms with Gasteiger partial charge in [-0.25, -0.2) is 0 Å². The Hall–Kier alpha value is -2.09. The molecule has 0 aliphatic carbocycles. The molecule has 2 heteroatoms. The molecule has 0 fully saturated rings. The molecule has 2 aromatic carbocycles. The van der Waals surface area contributed by atoms with Crippen LogP contribution in [0.3, 0.4) is 0 Å². The van der Waals surface area contributed by atoms with Gasteiger partial charge in [0.1, 0.15) is 5.75 Å². The van der Waals surface area contributed by atoms with E-state index in [1.807, 2.05) is 54.6 Å². The fourth-order valence-electron chi connectivity index (χ4n) is 2.91. The zero-order valence-electron chi connectivity index (χ0n) is 12.9. The second kappa shape index (κ2) is 6.57. The van der Waals surface area contributed by atoms with E-state index in [-0.39, 0.29) is 5.78 Å². The normalized spacial score (nSPS) is 11.2. The minimum absolute atomic E-state index is 0.164. The molecule has 2 rings (SSSR count). The highest BCUT2D eigenvalue weighted by Crippen LogP contribution is 2.35. The summed E-state index contributed by atoms with van der Waals surface area (Å²) in [6.07, 6.45) is 1.56. The number of Topliss-reactive ketones (excluding diaryl/α,β-unsaturated/α-hetero) is 1. The van der Waals surface area contributed by atoms with Gasteiger partial charge < -0.3 is 4.74 Å². The summed E-state index contributed by atoms with van der Waals surface area (Å²) in [7, 11) is 1.62. The summed E-state index contributed by atoms with van der Waals surface area (Å²) in [5.41, 5.74) is 1.33. The zero-order valence-corrected chi connectivity index (χ0v) is 12.9. The van der Waals surface area contributed by atoms with Crippen LogP contribution in [0.1, 0.15) is 42.6 Å². The van der Waals surface area contributed by atoms with Crippen LogP contribution in [0.4, 0.5) is 0 Å². The molecule has 0 aliphatic rings. The molecule has 0 bridgehead atoms. The Morgan fingerprint density at radius 2 is 1.67 bits per heavy atom. The van der Waals surface area contributed by atoms with Gasteiger partial charge in [-0.05, 0) is 30.5 Å². The highest BCUT2D eigenvalue weighted by molar-refractivity contribution is 6.04. The average molecular weight is 282 g/mol. The predicted octanol–water partition coefficient (Wildman–Crippen LogP) is 4.64. The van der Waals surface area contributed by atoms with Crippen molar-refractivity contribution in [3.8, 4) is 5.75 Å². The molecule has 0 aliphatic heterocycles. The van der Waals surface area contributed by atoms with Crippen molar-refractivity contribution < 1.29 is 9.53 Å². The topological polar surface area (TPSA) is 26.3 Å². The number of ether oxygens (including phenoxy) is 1. The summed E-state index contributed by atoms with van der Waals surface area (Å²) in [6, 6.07) is 17.5. The van der Waals surface area contributed by atoms with Crippen LogP contribution in [0.15, 0.2) is 54.6 Å². The highest BCUT2D eigenvalue weighted by Gasteiger charge is 2.37. The quantitative estimate of drug-likeness (QED) is 0.722. The minimum Gasteiger partial charge on any atom is -0.497 e. The van der Waals surface area contributed by atoms with E-state index < -0.39 is 5.41 Å². The molecule has 0 spiro atoms. The lowest BCUT2D eigenvalue weighted by Gasteiger charge is -2.31. The molecule has 2 nitrogen and oxygen atoms in total. The standard InChI is InChI=1S/C19H22O2/c1-4-19(5-2,16-11-7-6-8-12-16)18(20)15-10-9-13-17(14-15)21-3/h6-14H,4-5H2,1-3H3. The summed E-state index contributed by atoms with van der Waals surface area (Å²) in [5.74, 6) is 0.882. The number of benzene rings is 2. The Kier molecular flexibility index (Phi) is 4.79. The van der Waals surface area contributed by atoms with E-state index in [0.29, 0.717) is 5.56 Å². The molecular weight excluding hydrogens is 260 g/mol. The van der Waals surface area contributed by atoms with Crippen molar-refractivity contribution in [2.45, 2.75) is 32.1 Å². The Morgan fingerprint density at radius 1 is 1.00 bits per heavy atom. The lowest BCUT2D eigenvalue weighted by molar-refractivity contribution is 0.0872. The van der Waals surface area contributed by atoms with Gasteiger partial charge in [-0.15, -0.1) is 0 Å². The van der Waals surface area contributed by atoms with Gasteiger partial charge in [-0.3, -0.25) is 4.79 Å². The summed E-state index contributed by atoms with van der Waals surface area (Å²) >= 11 is 0. The third-order valence-corrected chi connectivity index (χ3v) is 4.30. The van der Waals surface area contributed by atoms with E-state index in [9.17, 15) is 4.79 Å². The first-order valence-corrected chi connectivity index (χ1v) is 7.42. The van der Waals surface area contributed by atoms with Crippen LogP contribution >= 0.6 is 0 Å². The second-order valence-electron chi connectivity index (χ2n) is 5.22. The molecule has 0 saturated carbocycles. The first kappa shape index (κ1) is 15.3. The van der Waals surface area contributed by atoms with Gasteiger partial charge in [0.15, 0.2) is 5.78 Å². The number of methoxy groups -OCH3 is 1. The molecule has 0 radical (unpaired) electrons. The van der Waals surface area contributed by atoms with Crippen molar-refractivity contribution >= 4 is 5.78 Å². The van der Waals surface area contributed by atoms with Crippen LogP contribution in [-0.2, 0) is 5.41 Å². The predicted molar refractivity (Wildman–Crippen MR) is 86.0 cm³/mol. The highest BCUT2D eigenvalue weighted by atomic mass is 16.5. The first-order valence-electron chi connectivity index (χ1n) is 7.42. The van der Waals surface area contributed by atoms with Gasteiger partial charge in [0.25, 0.3) is 0 Å². The molecule has 0 N–H and O–H groups in total. The van der Waals surface area contributed by atoms with Crippen molar-refractivity contribution in [3.63, 3.8) is 0 Å². The molecule has 110 valence electrons. The molecule has 0 saturated heterocycles. The van der Waals surface area contributed by atoms with Gasteiger partial charge in [0.05, 0.1) is 12.5 Å². The lowest BCUT2D eigenvalue weighted by Crippen LogP contribution is -2.34. The molecule has 21 heavy (non-hydrogen) atoms. The van der Waals surface area contributed by atoms with E-state index >= 15 is 0 Å². The first-order chi connectivity index (χ1) is 10.2. The fraction of sp³-hybridized carbons (Fsp3) is 0.316. The van der Waals surface area contributed by atoms with Crippen molar-refractivity contribution in [1.82, 2.24) is 0 Å². The van der Waals surface area contributed by atoms with Crippen LogP contribution in [0, 0.1) is 0 Å². The molecular formula is C19H22O2. The number of hydrogen-bond donors (Lipinski definition) is 0. The smallest absolute Gasteiger partial charge is 0.173 e. The van der Waals surface area contributed by atoms with Crippen molar-refractivity contribution in [2.75, 3.05) is 7.11 Å². The van der Waals surface area contributed by atoms with Gasteiger partial charge in [-0.1, -0.05) is 56.3 Å². The maximum absolute atomic E-state index is 13.1. The summed E-state index contributed by atoms with van der Waals surface area (Å²) in [5, 5.41) is 0. The fourth-order valence-corrected chi connectivity index (χ4v) is 2.91. The third-order valence-electron chi connectivity index (χ3n) is 4.30. The van der Waals surface area contributed by atoms with Gasteiger partial charge in [0, 0.05) is 5.56 Å². The summed E-state index contributed by atoms with van der Waals surface area (Å²) in [6.45, 7) is 4.16. The number of hydrogen-bond acceptors (Lipinski definition) is 2. The van der Waals surface area contributed by atoms with E-state index in [4.69, 9.17) is 4.74 Å². The Morgan fingerprint density at radius 3 is 2.24 bits per heavy atom. The minimum atomic E-state index is -0.465. The van der Waals surface area contributed by atoms with Crippen LogP contribution < -0.4 is 4.74 Å². The SMILES string of the molecule is CCC(CC)(C(=O)c1cccc(OC)c1)c1ccccc1. The molecule has 0 heterocycles. The maximum Gasteiger partial charge on any atom is 0.173 e. The molecule has 0 aromatic heterocycles. The third kappa shape index (κ3) is 2.85. The van der Waals surface area contributed by atoms with Gasteiger partial charge >= 0.3 is 0 Å². The molecule has 2 aromatic rings. The number of rotatable bonds is 6.